The summed E-state index contributed by atoms with van der Waals surface area (Å²) in [7, 11) is -1.87. The lowest BCUT2D eigenvalue weighted by Crippen LogP contribution is -2.59. The number of allylic oxidation sites excluding steroid dienone is 2. The van der Waals surface area contributed by atoms with Crippen LogP contribution in [-0.4, -0.2) is 20.2 Å². The molecule has 4 bridgehead atoms. The minimum absolute atomic E-state index is 0.104. The molecule has 0 aliphatic heterocycles. The van der Waals surface area contributed by atoms with Crippen molar-refractivity contribution in [1.82, 2.24) is 0 Å². The smallest absolute Gasteiger partial charge is 0.192 e. The van der Waals surface area contributed by atoms with E-state index in [2.05, 4.69) is 52.9 Å². The van der Waals surface area contributed by atoms with Crippen LogP contribution in [0.4, 0.5) is 0 Å². The van der Waals surface area contributed by atoms with Gasteiger partial charge in [0.25, 0.3) is 0 Å². The first-order valence-corrected chi connectivity index (χ1v) is 12.4. The summed E-state index contributed by atoms with van der Waals surface area (Å²) in [6.45, 7) is 13.7. The molecule has 0 aromatic heterocycles. The maximum atomic E-state index is 13.4. The predicted octanol–water partition coefficient (Wildman–Crippen LogP) is 5.35. The number of ketones is 1. The van der Waals surface area contributed by atoms with Gasteiger partial charge in [-0.2, -0.15) is 0 Å². The summed E-state index contributed by atoms with van der Waals surface area (Å²) in [6, 6.07) is 0. The topological polar surface area (TPSA) is 26.3 Å². The number of rotatable bonds is 4. The Morgan fingerprint density at radius 2 is 2.04 bits per heavy atom. The molecule has 0 amide bonds. The van der Waals surface area contributed by atoms with Crippen LogP contribution in [0.5, 0.6) is 0 Å². The second kappa shape index (κ2) is 5.55. The fourth-order valence-corrected chi connectivity index (χ4v) is 6.48. The molecule has 2 nitrogen and oxygen atoms in total. The van der Waals surface area contributed by atoms with Crippen LogP contribution in [0.3, 0.4) is 0 Å². The van der Waals surface area contributed by atoms with E-state index in [1.807, 2.05) is 0 Å². The van der Waals surface area contributed by atoms with Gasteiger partial charge in [0.2, 0.25) is 0 Å². The lowest BCUT2D eigenvalue weighted by molar-refractivity contribution is -0.155. The quantitative estimate of drug-likeness (QED) is 0.512. The molecule has 3 rings (SSSR count). The highest BCUT2D eigenvalue weighted by atomic mass is 28.4. The van der Waals surface area contributed by atoms with E-state index in [0.717, 1.165) is 19.3 Å². The van der Waals surface area contributed by atoms with Crippen molar-refractivity contribution in [3.8, 4) is 0 Å². The van der Waals surface area contributed by atoms with Gasteiger partial charge in [-0.1, -0.05) is 46.3 Å². The van der Waals surface area contributed by atoms with Gasteiger partial charge in [0.05, 0.1) is 11.5 Å². The van der Waals surface area contributed by atoms with E-state index in [1.165, 1.54) is 12.8 Å². The minimum Gasteiger partial charge on any atom is -0.413 e. The molecule has 5 atom stereocenters. The largest absolute Gasteiger partial charge is 0.413 e. The molecule has 0 aromatic carbocycles. The Bertz CT molecular complexity index is 516. The summed E-state index contributed by atoms with van der Waals surface area (Å²) in [5.74, 6) is 1.76. The third-order valence-corrected chi connectivity index (χ3v) is 11.9. The maximum absolute atomic E-state index is 13.4. The molecule has 0 unspecified atom stereocenters. The lowest BCUT2D eigenvalue weighted by atomic mass is 9.53. The first-order valence-electron chi connectivity index (χ1n) is 9.54. The molecular formula is C20H34O2Si. The second-order valence-electron chi connectivity index (χ2n) is 9.57. The molecular weight excluding hydrogens is 300 g/mol. The van der Waals surface area contributed by atoms with Crippen molar-refractivity contribution < 1.29 is 9.22 Å². The van der Waals surface area contributed by atoms with E-state index >= 15 is 0 Å². The van der Waals surface area contributed by atoms with E-state index in [0.29, 0.717) is 17.6 Å². The molecule has 3 aliphatic rings. The van der Waals surface area contributed by atoms with Gasteiger partial charge >= 0.3 is 0 Å². The minimum atomic E-state index is -1.87. The Balaban J connectivity index is 1.96. The fraction of sp³-hybridized carbons (Fsp3) is 0.850. The van der Waals surface area contributed by atoms with E-state index < -0.39 is 8.32 Å². The van der Waals surface area contributed by atoms with Crippen molar-refractivity contribution in [3.63, 3.8) is 0 Å². The van der Waals surface area contributed by atoms with E-state index in [1.54, 1.807) is 0 Å². The highest BCUT2D eigenvalue weighted by molar-refractivity contribution is 6.74. The summed E-state index contributed by atoms with van der Waals surface area (Å²) >= 11 is 0. The molecule has 0 aromatic rings. The Labute approximate surface area is 143 Å². The molecule has 0 N–H and O–H groups in total. The average Bonchev–Trinajstić information content (AvgIpc) is 2.91. The monoisotopic (exact) mass is 334 g/mol. The third-order valence-electron chi connectivity index (χ3n) is 7.38. The van der Waals surface area contributed by atoms with E-state index in [-0.39, 0.29) is 22.5 Å². The van der Waals surface area contributed by atoms with E-state index in [9.17, 15) is 4.79 Å². The normalized spacial score (nSPS) is 38.0. The van der Waals surface area contributed by atoms with Gasteiger partial charge in [-0.05, 0) is 55.7 Å². The molecule has 3 heteroatoms. The molecule has 23 heavy (non-hydrogen) atoms. The highest BCUT2D eigenvalue weighted by Gasteiger charge is 2.61. The van der Waals surface area contributed by atoms with Crippen molar-refractivity contribution in [2.75, 3.05) is 0 Å². The molecule has 2 fully saturated rings. The van der Waals surface area contributed by atoms with Gasteiger partial charge in [-0.25, -0.2) is 0 Å². The van der Waals surface area contributed by atoms with Crippen LogP contribution in [0.2, 0.25) is 18.1 Å². The number of hydrogen-bond acceptors (Lipinski definition) is 2. The summed E-state index contributed by atoms with van der Waals surface area (Å²) in [5, 5.41) is 0.191. The molecule has 0 saturated heterocycles. The first kappa shape index (κ1) is 17.4. The van der Waals surface area contributed by atoms with Crippen LogP contribution in [0.1, 0.15) is 59.8 Å². The molecule has 2 saturated carbocycles. The lowest BCUT2D eigenvalue weighted by Gasteiger charge is -2.54. The highest BCUT2D eigenvalue weighted by Crippen LogP contribution is 2.59. The standard InChI is InChI=1S/C20H34O2Si/c1-7-17(22-23(5,6)19(2,3)4)20-12-8-9-16(18(20)21)14-10-11-15(20)13-14/h10-11,14-17H,7-9,12-13H2,1-6H3/t14-,15+,16+,17+,20-/m1/s1. The van der Waals surface area contributed by atoms with Gasteiger partial charge in [-0.15, -0.1) is 0 Å². The predicted molar refractivity (Wildman–Crippen MR) is 97.9 cm³/mol. The van der Waals surface area contributed by atoms with Crippen LogP contribution in [0, 0.1) is 23.2 Å². The van der Waals surface area contributed by atoms with Crippen LogP contribution < -0.4 is 0 Å². The number of hydrogen-bond donors (Lipinski definition) is 0. The van der Waals surface area contributed by atoms with Gasteiger partial charge in [0, 0.05) is 5.92 Å². The Morgan fingerprint density at radius 1 is 1.35 bits per heavy atom. The van der Waals surface area contributed by atoms with Crippen molar-refractivity contribution in [3.05, 3.63) is 12.2 Å². The van der Waals surface area contributed by atoms with Crippen molar-refractivity contribution in [2.45, 2.75) is 84.0 Å². The van der Waals surface area contributed by atoms with Crippen molar-refractivity contribution in [1.29, 1.82) is 0 Å². The number of fused-ring (bicyclic) bond motifs is 6. The summed E-state index contributed by atoms with van der Waals surface area (Å²) < 4.78 is 6.87. The Kier molecular flexibility index (Phi) is 4.20. The number of Topliss-reactive ketones (excluding diaryl/α,β-unsaturated/α-hetero) is 1. The van der Waals surface area contributed by atoms with Crippen LogP contribution in [0.15, 0.2) is 12.2 Å². The Hall–Kier alpha value is -0.413. The van der Waals surface area contributed by atoms with Crippen molar-refractivity contribution in [2.24, 2.45) is 23.2 Å². The van der Waals surface area contributed by atoms with Crippen LogP contribution in [0.25, 0.3) is 0 Å². The van der Waals surface area contributed by atoms with Gasteiger partial charge in [-0.3, -0.25) is 4.79 Å². The molecule has 0 radical (unpaired) electrons. The van der Waals surface area contributed by atoms with Crippen LogP contribution >= 0.6 is 0 Å². The van der Waals surface area contributed by atoms with Gasteiger partial charge in [0.1, 0.15) is 5.78 Å². The zero-order valence-electron chi connectivity index (χ0n) is 15.8. The van der Waals surface area contributed by atoms with Crippen molar-refractivity contribution >= 4 is 14.1 Å². The van der Waals surface area contributed by atoms with Gasteiger partial charge in [0.15, 0.2) is 8.32 Å². The van der Waals surface area contributed by atoms with Crippen LogP contribution in [-0.2, 0) is 9.22 Å². The maximum Gasteiger partial charge on any atom is 0.192 e. The SMILES string of the molecule is CC[C@H](O[Si](C)(C)C(C)(C)C)[C@]12CCC[C@H](C1=O)[C@@H]1C=C[C@H]2C1. The number of carbonyl (C=O) groups is 1. The summed E-state index contributed by atoms with van der Waals surface area (Å²) in [5.41, 5.74) is -0.226. The molecule has 0 spiro atoms. The number of carbonyl (C=O) groups excluding carboxylic acids is 1. The molecule has 130 valence electrons. The first-order chi connectivity index (χ1) is 10.6. The zero-order valence-corrected chi connectivity index (χ0v) is 16.8. The fourth-order valence-electron chi connectivity index (χ4n) is 5.04. The summed E-state index contributed by atoms with van der Waals surface area (Å²) in [6.07, 6.45) is 10.3. The van der Waals surface area contributed by atoms with Gasteiger partial charge < -0.3 is 4.43 Å². The Morgan fingerprint density at radius 3 is 2.65 bits per heavy atom. The molecule has 0 heterocycles. The molecule has 3 aliphatic carbocycles. The van der Waals surface area contributed by atoms with E-state index in [4.69, 9.17) is 4.43 Å². The second-order valence-corrected chi connectivity index (χ2v) is 14.3. The zero-order chi connectivity index (χ0) is 17.0. The average molecular weight is 335 g/mol. The summed E-state index contributed by atoms with van der Waals surface area (Å²) in [4.78, 5) is 13.4. The third kappa shape index (κ3) is 2.50.